The van der Waals surface area contributed by atoms with Crippen molar-refractivity contribution in [2.75, 3.05) is 7.11 Å². The lowest BCUT2D eigenvalue weighted by atomic mass is 10.2. The van der Waals surface area contributed by atoms with E-state index in [0.29, 0.717) is 0 Å². The van der Waals surface area contributed by atoms with Crippen LogP contribution in [-0.2, 0) is 18.9 Å². The van der Waals surface area contributed by atoms with Crippen molar-refractivity contribution < 1.29 is 18.9 Å². The Labute approximate surface area is 92.2 Å². The van der Waals surface area contributed by atoms with Gasteiger partial charge < -0.3 is 18.9 Å². The molecule has 0 aliphatic carbocycles. The van der Waals surface area contributed by atoms with E-state index in [-0.39, 0.29) is 24.8 Å². The van der Waals surface area contributed by atoms with Crippen LogP contribution in [0.25, 0.3) is 0 Å². The van der Waals surface area contributed by atoms with Crippen molar-refractivity contribution in [2.24, 2.45) is 0 Å². The van der Waals surface area contributed by atoms with Crippen LogP contribution >= 0.6 is 0 Å². The first-order chi connectivity index (χ1) is 7.01. The maximum absolute atomic E-state index is 5.56. The van der Waals surface area contributed by atoms with E-state index in [9.17, 15) is 0 Å². The Kier molecular flexibility index (Phi) is 7.38. The minimum atomic E-state index is -0.328. The van der Waals surface area contributed by atoms with Crippen LogP contribution in [0, 0.1) is 0 Å². The molecule has 0 saturated carbocycles. The third kappa shape index (κ3) is 6.49. The maximum Gasteiger partial charge on any atom is 0.158 e. The Morgan fingerprint density at radius 3 is 2.00 bits per heavy atom. The predicted molar refractivity (Wildman–Crippen MR) is 58.3 cm³/mol. The summed E-state index contributed by atoms with van der Waals surface area (Å²) >= 11 is 0. The van der Waals surface area contributed by atoms with Gasteiger partial charge in [0.25, 0.3) is 0 Å². The Bertz CT molecular complexity index is 172. The molecule has 4 unspecified atom stereocenters. The lowest BCUT2D eigenvalue weighted by Gasteiger charge is -2.25. The molecule has 0 saturated heterocycles. The normalized spacial score (nSPS) is 19.0. The molecule has 0 aliphatic heterocycles. The molecule has 0 aromatic heterocycles. The first kappa shape index (κ1) is 14.4. The van der Waals surface area contributed by atoms with Crippen molar-refractivity contribution in [2.45, 2.75) is 52.5 Å². The molecule has 0 fully saturated rings. The summed E-state index contributed by atoms with van der Waals surface area (Å²) in [6.07, 6.45) is 0.690. The maximum atomic E-state index is 5.56. The average Bonchev–Trinajstić information content (AvgIpc) is 2.17. The topological polar surface area (TPSA) is 36.9 Å². The van der Waals surface area contributed by atoms with Crippen molar-refractivity contribution in [3.63, 3.8) is 0 Å². The summed E-state index contributed by atoms with van der Waals surface area (Å²) in [7, 11) is 1.59. The SMILES string of the molecule is C=COC(C)C(C)OC(C)OC(C)OC. The van der Waals surface area contributed by atoms with Crippen LogP contribution in [0.15, 0.2) is 12.8 Å². The van der Waals surface area contributed by atoms with E-state index >= 15 is 0 Å². The molecule has 4 atom stereocenters. The zero-order chi connectivity index (χ0) is 11.8. The monoisotopic (exact) mass is 218 g/mol. The first-order valence-corrected chi connectivity index (χ1v) is 5.11. The highest BCUT2D eigenvalue weighted by Crippen LogP contribution is 2.09. The molecule has 0 heterocycles. The number of ether oxygens (including phenoxy) is 4. The zero-order valence-electron chi connectivity index (χ0n) is 10.2. The predicted octanol–water partition coefficient (Wildman–Crippen LogP) is 2.30. The molecule has 0 rings (SSSR count). The number of methoxy groups -OCH3 is 1. The molecule has 4 nitrogen and oxygen atoms in total. The zero-order valence-corrected chi connectivity index (χ0v) is 10.2. The van der Waals surface area contributed by atoms with Crippen LogP contribution in [0.4, 0.5) is 0 Å². The molecule has 0 aliphatic rings. The molecule has 0 bridgehead atoms. The fraction of sp³-hybridized carbons (Fsp3) is 0.818. The standard InChI is InChI=1S/C11H22O4/c1-7-13-8(2)9(3)14-11(5)15-10(4)12-6/h7-11H,1H2,2-6H3. The van der Waals surface area contributed by atoms with Crippen molar-refractivity contribution in [1.82, 2.24) is 0 Å². The van der Waals surface area contributed by atoms with E-state index in [4.69, 9.17) is 18.9 Å². The van der Waals surface area contributed by atoms with Crippen molar-refractivity contribution in [3.05, 3.63) is 12.8 Å². The van der Waals surface area contributed by atoms with Crippen molar-refractivity contribution in [1.29, 1.82) is 0 Å². The van der Waals surface area contributed by atoms with Crippen LogP contribution < -0.4 is 0 Å². The van der Waals surface area contributed by atoms with Gasteiger partial charge in [0.05, 0.1) is 12.4 Å². The highest BCUT2D eigenvalue weighted by molar-refractivity contribution is 4.64. The minimum absolute atomic E-state index is 0.0496. The first-order valence-electron chi connectivity index (χ1n) is 5.11. The molecule has 0 aromatic carbocycles. The Morgan fingerprint density at radius 2 is 1.53 bits per heavy atom. The summed E-state index contributed by atoms with van der Waals surface area (Å²) in [5.74, 6) is 0. The molecule has 0 spiro atoms. The largest absolute Gasteiger partial charge is 0.496 e. The summed E-state index contributed by atoms with van der Waals surface area (Å²) < 4.78 is 21.1. The number of hydrogen-bond acceptors (Lipinski definition) is 4. The van der Waals surface area contributed by atoms with Gasteiger partial charge in [-0.05, 0) is 27.7 Å². The molecule has 0 radical (unpaired) electrons. The van der Waals surface area contributed by atoms with Gasteiger partial charge in [-0.25, -0.2) is 0 Å². The Morgan fingerprint density at radius 1 is 0.933 bits per heavy atom. The third-order valence-corrected chi connectivity index (χ3v) is 2.09. The van der Waals surface area contributed by atoms with Crippen LogP contribution in [-0.4, -0.2) is 31.9 Å². The lowest BCUT2D eigenvalue weighted by Crippen LogP contribution is -2.31. The molecular weight excluding hydrogens is 196 g/mol. The van der Waals surface area contributed by atoms with E-state index in [0.717, 1.165) is 0 Å². The average molecular weight is 218 g/mol. The van der Waals surface area contributed by atoms with Crippen molar-refractivity contribution in [3.8, 4) is 0 Å². The molecule has 0 amide bonds. The smallest absolute Gasteiger partial charge is 0.158 e. The van der Waals surface area contributed by atoms with Gasteiger partial charge >= 0.3 is 0 Å². The number of rotatable bonds is 8. The van der Waals surface area contributed by atoms with Crippen LogP contribution in [0.2, 0.25) is 0 Å². The second-order valence-electron chi connectivity index (χ2n) is 3.36. The van der Waals surface area contributed by atoms with Gasteiger partial charge in [-0.15, -0.1) is 0 Å². The molecular formula is C11H22O4. The fourth-order valence-corrected chi connectivity index (χ4v) is 1.03. The van der Waals surface area contributed by atoms with Gasteiger partial charge in [0.2, 0.25) is 0 Å². The molecule has 15 heavy (non-hydrogen) atoms. The molecule has 0 aromatic rings. The van der Waals surface area contributed by atoms with Gasteiger partial charge in [-0.3, -0.25) is 0 Å². The van der Waals surface area contributed by atoms with Gasteiger partial charge in [0, 0.05) is 7.11 Å². The summed E-state index contributed by atoms with van der Waals surface area (Å²) in [6.45, 7) is 11.0. The third-order valence-electron chi connectivity index (χ3n) is 2.09. The van der Waals surface area contributed by atoms with E-state index in [1.165, 1.54) is 6.26 Å². The second-order valence-corrected chi connectivity index (χ2v) is 3.36. The lowest BCUT2D eigenvalue weighted by molar-refractivity contribution is -0.244. The van der Waals surface area contributed by atoms with Crippen molar-refractivity contribution >= 4 is 0 Å². The van der Waals surface area contributed by atoms with Gasteiger partial charge in [-0.1, -0.05) is 6.58 Å². The summed E-state index contributed by atoms with van der Waals surface area (Å²) in [5, 5.41) is 0. The van der Waals surface area contributed by atoms with E-state index in [2.05, 4.69) is 6.58 Å². The van der Waals surface area contributed by atoms with Crippen LogP contribution in [0.1, 0.15) is 27.7 Å². The fourth-order valence-electron chi connectivity index (χ4n) is 1.03. The van der Waals surface area contributed by atoms with Crippen LogP contribution in [0.3, 0.4) is 0 Å². The summed E-state index contributed by atoms with van der Waals surface area (Å²) in [4.78, 5) is 0. The molecule has 0 N–H and O–H groups in total. The van der Waals surface area contributed by atoms with Gasteiger partial charge in [0.1, 0.15) is 6.10 Å². The van der Waals surface area contributed by atoms with E-state index in [1.807, 2.05) is 27.7 Å². The summed E-state index contributed by atoms with van der Waals surface area (Å²) in [5.41, 5.74) is 0. The number of hydrogen-bond donors (Lipinski definition) is 0. The molecule has 90 valence electrons. The highest BCUT2D eigenvalue weighted by Gasteiger charge is 2.17. The highest BCUT2D eigenvalue weighted by atomic mass is 16.8. The van der Waals surface area contributed by atoms with Gasteiger partial charge in [-0.2, -0.15) is 0 Å². The molecule has 4 heteroatoms. The van der Waals surface area contributed by atoms with Crippen LogP contribution in [0.5, 0.6) is 0 Å². The summed E-state index contributed by atoms with van der Waals surface area (Å²) in [6, 6.07) is 0. The van der Waals surface area contributed by atoms with E-state index in [1.54, 1.807) is 7.11 Å². The van der Waals surface area contributed by atoms with Gasteiger partial charge in [0.15, 0.2) is 12.6 Å². The van der Waals surface area contributed by atoms with E-state index < -0.39 is 0 Å². The quantitative estimate of drug-likeness (QED) is 0.462. The Hall–Kier alpha value is -0.580. The Balaban J connectivity index is 3.83. The second kappa shape index (κ2) is 7.68. The minimum Gasteiger partial charge on any atom is -0.496 e.